The number of nitrogens with zero attached hydrogens (tertiary/aromatic N) is 2. The van der Waals surface area contributed by atoms with Crippen molar-refractivity contribution in [1.29, 1.82) is 0 Å². The minimum atomic E-state index is -0.105. The van der Waals surface area contributed by atoms with Crippen molar-refractivity contribution in [2.75, 3.05) is 19.7 Å². The molecule has 0 spiro atoms. The molecule has 2 aromatic rings. The van der Waals surface area contributed by atoms with Crippen LogP contribution in [0, 0.1) is 5.41 Å². The Morgan fingerprint density at radius 3 is 2.71 bits per heavy atom. The molecule has 0 radical (unpaired) electrons. The lowest BCUT2D eigenvalue weighted by Crippen LogP contribution is -2.44. The third-order valence-electron chi connectivity index (χ3n) is 3.68. The molecule has 1 heterocycles. The molecule has 0 saturated carbocycles. The Balaban J connectivity index is 2.06. The van der Waals surface area contributed by atoms with Crippen molar-refractivity contribution in [1.82, 2.24) is 15.2 Å². The van der Waals surface area contributed by atoms with Gasteiger partial charge in [0, 0.05) is 37.8 Å². The molecule has 0 saturated heterocycles. The first-order valence-corrected chi connectivity index (χ1v) is 8.37. The third kappa shape index (κ3) is 5.20. The van der Waals surface area contributed by atoms with Gasteiger partial charge < -0.3 is 15.3 Å². The predicted octanol–water partition coefficient (Wildman–Crippen LogP) is 3.17. The lowest BCUT2D eigenvalue weighted by Gasteiger charge is -2.30. The van der Waals surface area contributed by atoms with Crippen LogP contribution in [0.2, 0.25) is 0 Å². The fourth-order valence-corrected chi connectivity index (χ4v) is 2.68. The Kier molecular flexibility index (Phi) is 6.15. The summed E-state index contributed by atoms with van der Waals surface area (Å²) in [4.78, 5) is 18.7. The van der Waals surface area contributed by atoms with Gasteiger partial charge >= 0.3 is 6.03 Å². The Bertz CT molecular complexity index is 674. The van der Waals surface area contributed by atoms with Crippen LogP contribution >= 0.6 is 0 Å². The lowest BCUT2D eigenvalue weighted by atomic mass is 9.96. The first-order valence-electron chi connectivity index (χ1n) is 8.37. The molecule has 130 valence electrons. The summed E-state index contributed by atoms with van der Waals surface area (Å²) < 4.78 is 0. The third-order valence-corrected chi connectivity index (χ3v) is 3.68. The fourth-order valence-electron chi connectivity index (χ4n) is 2.68. The number of para-hydroxylation sites is 1. The summed E-state index contributed by atoms with van der Waals surface area (Å²) in [6.45, 7) is 8.01. The Morgan fingerprint density at radius 1 is 1.25 bits per heavy atom. The first-order chi connectivity index (χ1) is 11.4. The van der Waals surface area contributed by atoms with Crippen molar-refractivity contribution < 1.29 is 9.90 Å². The van der Waals surface area contributed by atoms with Crippen molar-refractivity contribution >= 4 is 16.9 Å². The van der Waals surface area contributed by atoms with Crippen LogP contribution in [0.1, 0.15) is 32.8 Å². The number of amides is 2. The van der Waals surface area contributed by atoms with Gasteiger partial charge in [0.1, 0.15) is 0 Å². The first kappa shape index (κ1) is 18.2. The van der Waals surface area contributed by atoms with Crippen molar-refractivity contribution in [2.45, 2.75) is 33.7 Å². The average Bonchev–Trinajstić information content (AvgIpc) is 2.55. The van der Waals surface area contributed by atoms with E-state index >= 15 is 0 Å². The summed E-state index contributed by atoms with van der Waals surface area (Å²) in [5, 5.41) is 13.1. The van der Waals surface area contributed by atoms with Gasteiger partial charge in [0.25, 0.3) is 0 Å². The molecule has 0 unspecified atom stereocenters. The molecule has 0 bridgehead atoms. The topological polar surface area (TPSA) is 65.5 Å². The second-order valence-corrected chi connectivity index (χ2v) is 7.21. The van der Waals surface area contributed by atoms with E-state index in [4.69, 9.17) is 5.11 Å². The van der Waals surface area contributed by atoms with Crippen molar-refractivity contribution in [3.63, 3.8) is 0 Å². The predicted molar refractivity (Wildman–Crippen MR) is 96.7 cm³/mol. The molecule has 5 heteroatoms. The number of aromatic nitrogens is 1. The number of benzene rings is 1. The van der Waals surface area contributed by atoms with E-state index in [1.165, 1.54) is 0 Å². The number of hydrogen-bond donors (Lipinski definition) is 2. The van der Waals surface area contributed by atoms with E-state index in [0.717, 1.165) is 16.5 Å². The quantitative estimate of drug-likeness (QED) is 0.855. The van der Waals surface area contributed by atoms with Gasteiger partial charge in [-0.15, -0.1) is 0 Å². The Hall–Kier alpha value is -2.14. The van der Waals surface area contributed by atoms with E-state index in [1.807, 2.05) is 30.3 Å². The van der Waals surface area contributed by atoms with Gasteiger partial charge in [0.15, 0.2) is 0 Å². The SMILES string of the molecule is CC(C)(C)CN(CCCO)C(=O)NCc1cccc2cccnc12. The Labute approximate surface area is 143 Å². The maximum absolute atomic E-state index is 12.5. The number of carbonyl (C=O) groups excluding carboxylic acids is 1. The number of hydrogen-bond acceptors (Lipinski definition) is 3. The number of nitrogens with one attached hydrogen (secondary N) is 1. The molecule has 2 rings (SSSR count). The number of urea groups is 1. The standard InChI is InChI=1S/C19H27N3O2/c1-19(2,3)14-22(11-6-12-23)18(24)21-13-16-8-4-7-15-9-5-10-20-17(15)16/h4-5,7-10,23H,6,11-14H2,1-3H3,(H,21,24). The van der Waals surface area contributed by atoms with Gasteiger partial charge in [-0.2, -0.15) is 0 Å². The van der Waals surface area contributed by atoms with Gasteiger partial charge in [-0.25, -0.2) is 4.79 Å². The summed E-state index contributed by atoms with van der Waals surface area (Å²) in [6, 6.07) is 9.79. The van der Waals surface area contributed by atoms with Crippen LogP contribution in [0.15, 0.2) is 36.5 Å². The van der Waals surface area contributed by atoms with E-state index in [-0.39, 0.29) is 18.1 Å². The number of pyridine rings is 1. The summed E-state index contributed by atoms with van der Waals surface area (Å²) in [5.74, 6) is 0. The fraction of sp³-hybridized carbons (Fsp3) is 0.474. The molecule has 1 aromatic heterocycles. The van der Waals surface area contributed by atoms with Gasteiger partial charge in [-0.3, -0.25) is 4.98 Å². The van der Waals surface area contributed by atoms with E-state index in [9.17, 15) is 4.79 Å². The summed E-state index contributed by atoms with van der Waals surface area (Å²) >= 11 is 0. The van der Waals surface area contributed by atoms with Crippen LogP contribution in [-0.4, -0.2) is 40.7 Å². The summed E-state index contributed by atoms with van der Waals surface area (Å²) in [6.07, 6.45) is 2.35. The maximum atomic E-state index is 12.5. The van der Waals surface area contributed by atoms with E-state index in [2.05, 4.69) is 31.1 Å². The van der Waals surface area contributed by atoms with Gasteiger partial charge in [-0.05, 0) is 23.5 Å². The van der Waals surface area contributed by atoms with Crippen LogP contribution in [0.25, 0.3) is 10.9 Å². The zero-order valence-electron chi connectivity index (χ0n) is 14.7. The molecule has 0 aliphatic rings. The van der Waals surface area contributed by atoms with Crippen LogP contribution in [-0.2, 0) is 6.54 Å². The van der Waals surface area contributed by atoms with Gasteiger partial charge in [0.2, 0.25) is 0 Å². The van der Waals surface area contributed by atoms with E-state index < -0.39 is 0 Å². The molecule has 24 heavy (non-hydrogen) atoms. The van der Waals surface area contributed by atoms with Gasteiger partial charge in [-0.1, -0.05) is 45.0 Å². The lowest BCUT2D eigenvalue weighted by molar-refractivity contribution is 0.164. The normalized spacial score (nSPS) is 11.5. The molecule has 1 aromatic carbocycles. The number of rotatable bonds is 6. The summed E-state index contributed by atoms with van der Waals surface area (Å²) in [5.41, 5.74) is 1.92. The second kappa shape index (κ2) is 8.11. The number of aliphatic hydroxyl groups excluding tert-OH is 1. The second-order valence-electron chi connectivity index (χ2n) is 7.21. The zero-order chi connectivity index (χ0) is 17.6. The van der Waals surface area contributed by atoms with Crippen LogP contribution in [0.5, 0.6) is 0 Å². The maximum Gasteiger partial charge on any atom is 0.317 e. The largest absolute Gasteiger partial charge is 0.396 e. The zero-order valence-corrected chi connectivity index (χ0v) is 14.7. The molecular weight excluding hydrogens is 302 g/mol. The van der Waals surface area contributed by atoms with Gasteiger partial charge in [0.05, 0.1) is 5.52 Å². The summed E-state index contributed by atoms with van der Waals surface area (Å²) in [7, 11) is 0. The minimum Gasteiger partial charge on any atom is -0.396 e. The smallest absolute Gasteiger partial charge is 0.317 e. The monoisotopic (exact) mass is 329 g/mol. The number of fused-ring (bicyclic) bond motifs is 1. The minimum absolute atomic E-state index is 0.00773. The Morgan fingerprint density at radius 2 is 2.00 bits per heavy atom. The highest BCUT2D eigenvalue weighted by Gasteiger charge is 2.20. The molecule has 0 atom stereocenters. The highest BCUT2D eigenvalue weighted by Crippen LogP contribution is 2.17. The highest BCUT2D eigenvalue weighted by molar-refractivity contribution is 5.82. The van der Waals surface area contributed by atoms with Crippen molar-refractivity contribution in [3.05, 3.63) is 42.1 Å². The van der Waals surface area contributed by atoms with E-state index in [1.54, 1.807) is 11.1 Å². The molecule has 0 aliphatic heterocycles. The molecule has 0 fully saturated rings. The number of aliphatic hydroxyl groups is 1. The number of carbonyl (C=O) groups is 1. The van der Waals surface area contributed by atoms with Crippen LogP contribution in [0.4, 0.5) is 4.79 Å². The molecule has 2 N–H and O–H groups in total. The van der Waals surface area contributed by atoms with E-state index in [0.29, 0.717) is 26.1 Å². The molecule has 5 nitrogen and oxygen atoms in total. The highest BCUT2D eigenvalue weighted by atomic mass is 16.3. The van der Waals surface area contributed by atoms with Crippen LogP contribution in [0.3, 0.4) is 0 Å². The molecular formula is C19H27N3O2. The van der Waals surface area contributed by atoms with Crippen LogP contribution < -0.4 is 5.32 Å². The average molecular weight is 329 g/mol. The van der Waals surface area contributed by atoms with Crippen molar-refractivity contribution in [3.8, 4) is 0 Å². The molecule has 2 amide bonds. The van der Waals surface area contributed by atoms with Crippen molar-refractivity contribution in [2.24, 2.45) is 5.41 Å². The molecule has 0 aliphatic carbocycles.